The molecule has 7 nitrogen and oxygen atoms in total. The van der Waals surface area contributed by atoms with Crippen LogP contribution in [0.3, 0.4) is 0 Å². The van der Waals surface area contributed by atoms with Crippen molar-refractivity contribution in [1.82, 2.24) is 19.8 Å². The van der Waals surface area contributed by atoms with Crippen LogP contribution in [0.15, 0.2) is 33.7 Å². The zero-order chi connectivity index (χ0) is 18.7. The zero-order valence-corrected chi connectivity index (χ0v) is 17.5. The number of aromatic nitrogens is 2. The monoisotopic (exact) mass is 414 g/mol. The van der Waals surface area contributed by atoms with E-state index in [2.05, 4.69) is 15.5 Å². The summed E-state index contributed by atoms with van der Waals surface area (Å²) in [5, 5.41) is 7.11. The van der Waals surface area contributed by atoms with Crippen LogP contribution in [0.2, 0.25) is 0 Å². The predicted molar refractivity (Wildman–Crippen MR) is 106 cm³/mol. The first-order chi connectivity index (χ1) is 12.4. The number of sulfonamides is 1. The molecule has 0 amide bonds. The predicted octanol–water partition coefficient (Wildman–Crippen LogP) is 2.87. The molecule has 1 aromatic carbocycles. The minimum atomic E-state index is -3.52. The van der Waals surface area contributed by atoms with Crippen LogP contribution in [-0.4, -0.2) is 48.5 Å². The highest BCUT2D eigenvalue weighted by atomic mass is 35.5. The van der Waals surface area contributed by atoms with Gasteiger partial charge in [-0.15, -0.1) is 12.4 Å². The molecule has 1 aliphatic heterocycles. The standard InChI is InChI=1S/C18H26N4O3S.ClH/c1-13(19-3)11-17-20-18(25-21-17)15-8-6-9-16(12-15)26(23,24)22-10-5-4-7-14(22)2;/h6,8-9,12-14,19H,4-5,7,10-11H2,1-3H3;1H. The fourth-order valence-electron chi connectivity index (χ4n) is 3.18. The van der Waals surface area contributed by atoms with Gasteiger partial charge in [-0.25, -0.2) is 8.42 Å². The first kappa shape index (κ1) is 21.8. The lowest BCUT2D eigenvalue weighted by Crippen LogP contribution is -2.41. The van der Waals surface area contributed by atoms with Gasteiger partial charge in [-0.2, -0.15) is 9.29 Å². The smallest absolute Gasteiger partial charge is 0.257 e. The lowest BCUT2D eigenvalue weighted by atomic mass is 10.1. The number of hydrogen-bond acceptors (Lipinski definition) is 6. The lowest BCUT2D eigenvalue weighted by molar-refractivity contribution is 0.268. The Labute approximate surface area is 167 Å². The minimum absolute atomic E-state index is 0. The summed E-state index contributed by atoms with van der Waals surface area (Å²) >= 11 is 0. The molecule has 1 N–H and O–H groups in total. The highest BCUT2D eigenvalue weighted by Crippen LogP contribution is 2.27. The van der Waals surface area contributed by atoms with E-state index in [1.807, 2.05) is 20.9 Å². The van der Waals surface area contributed by atoms with Crippen molar-refractivity contribution in [3.63, 3.8) is 0 Å². The number of hydrogen-bond donors (Lipinski definition) is 1. The van der Waals surface area contributed by atoms with Gasteiger partial charge >= 0.3 is 0 Å². The van der Waals surface area contributed by atoms with Crippen molar-refractivity contribution in [2.24, 2.45) is 0 Å². The molecule has 2 aromatic rings. The Morgan fingerprint density at radius 2 is 2.15 bits per heavy atom. The number of piperidine rings is 1. The average molecular weight is 415 g/mol. The van der Waals surface area contributed by atoms with Gasteiger partial charge in [0.2, 0.25) is 10.0 Å². The van der Waals surface area contributed by atoms with Crippen molar-refractivity contribution in [2.75, 3.05) is 13.6 Å². The molecule has 2 unspecified atom stereocenters. The second-order valence-electron chi connectivity index (χ2n) is 6.90. The molecule has 1 saturated heterocycles. The average Bonchev–Trinajstić information content (AvgIpc) is 3.10. The maximum absolute atomic E-state index is 13.0. The lowest BCUT2D eigenvalue weighted by Gasteiger charge is -2.32. The molecule has 0 saturated carbocycles. The number of likely N-dealkylation sites (N-methyl/N-ethyl adjacent to an activating group) is 1. The van der Waals surface area contributed by atoms with Gasteiger partial charge in [-0.1, -0.05) is 17.6 Å². The van der Waals surface area contributed by atoms with E-state index in [1.54, 1.807) is 28.6 Å². The molecule has 1 aliphatic rings. The minimum Gasteiger partial charge on any atom is -0.334 e. The molecular weight excluding hydrogens is 388 g/mol. The van der Waals surface area contributed by atoms with Gasteiger partial charge in [-0.05, 0) is 51.9 Å². The van der Waals surface area contributed by atoms with E-state index in [0.29, 0.717) is 30.2 Å². The van der Waals surface area contributed by atoms with Gasteiger partial charge in [-0.3, -0.25) is 0 Å². The van der Waals surface area contributed by atoms with Crippen LogP contribution in [0.1, 0.15) is 38.9 Å². The van der Waals surface area contributed by atoms with Gasteiger partial charge in [0.1, 0.15) is 0 Å². The molecule has 0 spiro atoms. The van der Waals surface area contributed by atoms with Gasteiger partial charge in [0.25, 0.3) is 5.89 Å². The van der Waals surface area contributed by atoms with Gasteiger partial charge < -0.3 is 9.84 Å². The molecule has 0 aliphatic carbocycles. The fraction of sp³-hybridized carbons (Fsp3) is 0.556. The summed E-state index contributed by atoms with van der Waals surface area (Å²) in [5.41, 5.74) is 0.617. The van der Waals surface area contributed by atoms with Crippen LogP contribution < -0.4 is 5.32 Å². The van der Waals surface area contributed by atoms with E-state index < -0.39 is 10.0 Å². The summed E-state index contributed by atoms with van der Waals surface area (Å²) in [6.45, 7) is 4.57. The van der Waals surface area contributed by atoms with Crippen molar-refractivity contribution in [3.8, 4) is 11.5 Å². The van der Waals surface area contributed by atoms with Crippen LogP contribution in [0, 0.1) is 0 Å². The number of nitrogens with one attached hydrogen (secondary N) is 1. The SMILES string of the molecule is CNC(C)Cc1noc(-c2cccc(S(=O)(=O)N3CCCCC3C)c2)n1.Cl. The topological polar surface area (TPSA) is 88.3 Å². The molecule has 2 atom stereocenters. The van der Waals surface area contributed by atoms with Crippen LogP contribution >= 0.6 is 12.4 Å². The van der Waals surface area contributed by atoms with Gasteiger partial charge in [0, 0.05) is 30.6 Å². The second-order valence-corrected chi connectivity index (χ2v) is 8.79. The third kappa shape index (κ3) is 4.87. The first-order valence-corrected chi connectivity index (χ1v) is 10.5. The van der Waals surface area contributed by atoms with Crippen molar-refractivity contribution >= 4 is 22.4 Å². The van der Waals surface area contributed by atoms with E-state index in [0.717, 1.165) is 19.3 Å². The molecule has 2 heterocycles. The Bertz CT molecular complexity index is 856. The maximum Gasteiger partial charge on any atom is 0.257 e. The van der Waals surface area contributed by atoms with Crippen LogP contribution in [0.4, 0.5) is 0 Å². The van der Waals surface area contributed by atoms with Crippen molar-refractivity contribution < 1.29 is 12.9 Å². The van der Waals surface area contributed by atoms with Crippen LogP contribution in [0.25, 0.3) is 11.5 Å². The van der Waals surface area contributed by atoms with E-state index in [4.69, 9.17) is 4.52 Å². The highest BCUT2D eigenvalue weighted by Gasteiger charge is 2.31. The highest BCUT2D eigenvalue weighted by molar-refractivity contribution is 7.89. The fourth-order valence-corrected chi connectivity index (χ4v) is 4.93. The van der Waals surface area contributed by atoms with E-state index >= 15 is 0 Å². The molecule has 150 valence electrons. The van der Waals surface area contributed by atoms with Crippen molar-refractivity contribution in [2.45, 2.75) is 56.5 Å². The summed E-state index contributed by atoms with van der Waals surface area (Å²) in [6, 6.07) is 7.01. The molecule has 9 heteroatoms. The Morgan fingerprint density at radius 3 is 2.85 bits per heavy atom. The summed E-state index contributed by atoms with van der Waals surface area (Å²) in [6.07, 6.45) is 3.52. The zero-order valence-electron chi connectivity index (χ0n) is 15.9. The number of halogens is 1. The van der Waals surface area contributed by atoms with Crippen molar-refractivity contribution in [3.05, 3.63) is 30.1 Å². The van der Waals surface area contributed by atoms with Gasteiger partial charge in [0.15, 0.2) is 5.82 Å². The summed E-state index contributed by atoms with van der Waals surface area (Å²) in [4.78, 5) is 4.66. The largest absolute Gasteiger partial charge is 0.334 e. The molecule has 1 fully saturated rings. The number of rotatable bonds is 6. The van der Waals surface area contributed by atoms with Crippen molar-refractivity contribution in [1.29, 1.82) is 0 Å². The third-order valence-corrected chi connectivity index (χ3v) is 6.89. The quantitative estimate of drug-likeness (QED) is 0.781. The Hall–Kier alpha value is -1.48. The molecule has 3 rings (SSSR count). The summed E-state index contributed by atoms with van der Waals surface area (Å²) in [5.74, 6) is 0.937. The van der Waals surface area contributed by atoms with E-state index in [1.165, 1.54) is 0 Å². The number of benzene rings is 1. The Balaban J connectivity index is 0.00000261. The third-order valence-electron chi connectivity index (χ3n) is 4.88. The van der Waals surface area contributed by atoms with Crippen LogP contribution in [-0.2, 0) is 16.4 Å². The van der Waals surface area contributed by atoms with E-state index in [-0.39, 0.29) is 29.4 Å². The molecule has 1 aromatic heterocycles. The molecule has 0 radical (unpaired) electrons. The summed E-state index contributed by atoms with van der Waals surface area (Å²) in [7, 11) is -1.65. The Morgan fingerprint density at radius 1 is 1.37 bits per heavy atom. The normalized spacial score (nSPS) is 19.4. The molecule has 27 heavy (non-hydrogen) atoms. The second kappa shape index (κ2) is 9.14. The van der Waals surface area contributed by atoms with E-state index in [9.17, 15) is 8.42 Å². The molecular formula is C18H27ClN4O3S. The first-order valence-electron chi connectivity index (χ1n) is 9.04. The molecule has 0 bridgehead atoms. The number of nitrogens with zero attached hydrogens (tertiary/aromatic N) is 3. The van der Waals surface area contributed by atoms with Crippen LogP contribution in [0.5, 0.6) is 0 Å². The summed E-state index contributed by atoms with van der Waals surface area (Å²) < 4.78 is 33.0. The Kier molecular flexibility index (Phi) is 7.39. The maximum atomic E-state index is 13.0. The van der Waals surface area contributed by atoms with Gasteiger partial charge in [0.05, 0.1) is 4.90 Å².